The van der Waals surface area contributed by atoms with Gasteiger partial charge in [-0.2, -0.15) is 0 Å². The molecule has 23 heavy (non-hydrogen) atoms. The molecule has 0 spiro atoms. The van der Waals surface area contributed by atoms with Gasteiger partial charge in [0.25, 0.3) is 0 Å². The number of fused-ring (bicyclic) bond motifs is 1. The summed E-state index contributed by atoms with van der Waals surface area (Å²) in [6.45, 7) is 0.695. The number of methoxy groups -OCH3 is 1. The zero-order chi connectivity index (χ0) is 16.4. The molecule has 0 saturated carbocycles. The number of hydrogen-bond acceptors (Lipinski definition) is 3. The number of benzene rings is 1. The summed E-state index contributed by atoms with van der Waals surface area (Å²) >= 11 is 0. The Balaban J connectivity index is 1.88. The largest absolute Gasteiger partial charge is 0.497 e. The van der Waals surface area contributed by atoms with Crippen LogP contribution in [-0.2, 0) is 13.0 Å². The fraction of sp³-hybridized carbons (Fsp3) is 0.316. The van der Waals surface area contributed by atoms with Gasteiger partial charge in [0.05, 0.1) is 12.8 Å². The first-order valence-corrected chi connectivity index (χ1v) is 7.81. The fourth-order valence-electron chi connectivity index (χ4n) is 3.03. The summed E-state index contributed by atoms with van der Waals surface area (Å²) in [4.78, 5) is 14.7. The Morgan fingerprint density at radius 3 is 2.57 bits per heavy atom. The molecular formula is C19H22N2O2. The van der Waals surface area contributed by atoms with E-state index in [2.05, 4.69) is 10.6 Å². The van der Waals surface area contributed by atoms with Crippen LogP contribution in [0, 0.1) is 0 Å². The summed E-state index contributed by atoms with van der Waals surface area (Å²) in [6.07, 6.45) is 5.70. The van der Waals surface area contributed by atoms with E-state index in [1.165, 1.54) is 0 Å². The predicted molar refractivity (Wildman–Crippen MR) is 90.9 cm³/mol. The molecule has 0 fully saturated rings. The van der Waals surface area contributed by atoms with Crippen LogP contribution >= 0.6 is 0 Å². The van der Waals surface area contributed by atoms with Crippen LogP contribution in [0.5, 0.6) is 5.75 Å². The van der Waals surface area contributed by atoms with Crippen LogP contribution in [0.4, 0.5) is 0 Å². The zero-order valence-electron chi connectivity index (χ0n) is 13.9. The van der Waals surface area contributed by atoms with Crippen LogP contribution in [0.1, 0.15) is 28.0 Å². The van der Waals surface area contributed by atoms with E-state index >= 15 is 0 Å². The minimum atomic E-state index is 0.151. The molecule has 4 heteroatoms. The van der Waals surface area contributed by atoms with Crippen molar-refractivity contribution in [3.05, 3.63) is 65.1 Å². The van der Waals surface area contributed by atoms with Gasteiger partial charge < -0.3 is 14.2 Å². The maximum Gasteiger partial charge on any atom is 0.207 e. The molecule has 0 radical (unpaired) electrons. The Labute approximate surface area is 137 Å². The second-order valence-electron chi connectivity index (χ2n) is 6.11. The molecule has 1 aromatic carbocycles. The average Bonchev–Trinajstić information content (AvgIpc) is 2.94. The van der Waals surface area contributed by atoms with E-state index in [-0.39, 0.29) is 5.78 Å². The molecule has 120 valence electrons. The van der Waals surface area contributed by atoms with Gasteiger partial charge in [0.1, 0.15) is 5.75 Å². The van der Waals surface area contributed by atoms with E-state index in [0.717, 1.165) is 41.0 Å². The minimum Gasteiger partial charge on any atom is -0.497 e. The lowest BCUT2D eigenvalue weighted by molar-refractivity contribution is 0.101. The minimum absolute atomic E-state index is 0.151. The number of allylic oxidation sites excluding steroid dienone is 1. The quantitative estimate of drug-likeness (QED) is 0.814. The van der Waals surface area contributed by atoms with Crippen LogP contribution in [0.2, 0.25) is 0 Å². The van der Waals surface area contributed by atoms with Crippen molar-refractivity contribution >= 4 is 5.78 Å². The number of aryl methyl sites for hydroxylation is 1. The van der Waals surface area contributed by atoms with Crippen molar-refractivity contribution in [2.75, 3.05) is 21.2 Å². The van der Waals surface area contributed by atoms with Crippen LogP contribution in [-0.4, -0.2) is 36.5 Å². The third-order valence-electron chi connectivity index (χ3n) is 4.14. The van der Waals surface area contributed by atoms with Crippen molar-refractivity contribution in [1.29, 1.82) is 0 Å². The van der Waals surface area contributed by atoms with Crippen molar-refractivity contribution in [2.24, 2.45) is 0 Å². The number of Topliss-reactive ketones (excluding diaryl/α,β-unsaturated/α-hetero) is 1. The first-order chi connectivity index (χ1) is 11.1. The molecule has 0 atom stereocenters. The standard InChI is InChI=1S/C19H22N2O2/c1-20(2)13-16-7-6-15-10-11-21(18(15)19(16)22)12-14-4-8-17(23-3)9-5-14/h4-5,8-11,13H,6-7,12H2,1-3H3. The molecule has 1 aromatic heterocycles. The average molecular weight is 310 g/mol. The molecule has 0 saturated heterocycles. The third kappa shape index (κ3) is 3.16. The van der Waals surface area contributed by atoms with Gasteiger partial charge in [-0.1, -0.05) is 12.1 Å². The topological polar surface area (TPSA) is 34.5 Å². The van der Waals surface area contributed by atoms with Gasteiger partial charge in [0, 0.05) is 38.6 Å². The lowest BCUT2D eigenvalue weighted by atomic mass is 9.92. The van der Waals surface area contributed by atoms with Crippen molar-refractivity contribution in [3.8, 4) is 5.75 Å². The van der Waals surface area contributed by atoms with E-state index in [9.17, 15) is 4.79 Å². The number of hydrogen-bond donors (Lipinski definition) is 0. The molecule has 0 bridgehead atoms. The number of carbonyl (C=O) groups is 1. The van der Waals surface area contributed by atoms with E-state index in [1.54, 1.807) is 7.11 Å². The molecule has 1 aliphatic carbocycles. The van der Waals surface area contributed by atoms with Crippen molar-refractivity contribution in [2.45, 2.75) is 19.4 Å². The molecule has 0 amide bonds. The summed E-state index contributed by atoms with van der Waals surface area (Å²) in [6, 6.07) is 10.0. The highest BCUT2D eigenvalue weighted by Gasteiger charge is 2.25. The van der Waals surface area contributed by atoms with Crippen LogP contribution < -0.4 is 4.74 Å². The number of carbonyl (C=O) groups excluding carboxylic acids is 1. The number of aromatic nitrogens is 1. The number of ketones is 1. The molecular weight excluding hydrogens is 288 g/mol. The highest BCUT2D eigenvalue weighted by atomic mass is 16.5. The summed E-state index contributed by atoms with van der Waals surface area (Å²) in [7, 11) is 5.56. The fourth-order valence-corrected chi connectivity index (χ4v) is 3.03. The SMILES string of the molecule is COc1ccc(Cn2ccc3c2C(=O)C(=CN(C)C)CC3)cc1. The normalized spacial score (nSPS) is 15.6. The van der Waals surface area contributed by atoms with E-state index in [0.29, 0.717) is 6.54 Å². The zero-order valence-corrected chi connectivity index (χ0v) is 13.9. The summed E-state index contributed by atoms with van der Waals surface area (Å²) < 4.78 is 7.25. The maximum atomic E-state index is 12.8. The Bertz CT molecular complexity index is 739. The summed E-state index contributed by atoms with van der Waals surface area (Å²) in [5.41, 5.74) is 4.03. The highest BCUT2D eigenvalue weighted by molar-refractivity contribution is 6.09. The van der Waals surface area contributed by atoms with E-state index in [4.69, 9.17) is 4.74 Å². The van der Waals surface area contributed by atoms with E-state index < -0.39 is 0 Å². The van der Waals surface area contributed by atoms with Crippen molar-refractivity contribution in [1.82, 2.24) is 9.47 Å². The molecule has 0 unspecified atom stereocenters. The lowest BCUT2D eigenvalue weighted by Gasteiger charge is -2.19. The smallest absolute Gasteiger partial charge is 0.207 e. The summed E-state index contributed by atoms with van der Waals surface area (Å²) in [5.74, 6) is 0.994. The van der Waals surface area contributed by atoms with Crippen LogP contribution in [0.25, 0.3) is 0 Å². The Morgan fingerprint density at radius 2 is 1.91 bits per heavy atom. The number of ether oxygens (including phenoxy) is 1. The molecule has 0 aliphatic heterocycles. The van der Waals surface area contributed by atoms with Gasteiger partial charge in [-0.15, -0.1) is 0 Å². The van der Waals surface area contributed by atoms with Crippen LogP contribution in [0.15, 0.2) is 48.3 Å². The maximum absolute atomic E-state index is 12.8. The van der Waals surface area contributed by atoms with Crippen molar-refractivity contribution < 1.29 is 9.53 Å². The van der Waals surface area contributed by atoms with Gasteiger partial charge in [-0.25, -0.2) is 0 Å². The van der Waals surface area contributed by atoms with Crippen LogP contribution in [0.3, 0.4) is 0 Å². The highest BCUT2D eigenvalue weighted by Crippen LogP contribution is 2.27. The Hall–Kier alpha value is -2.49. The molecule has 1 heterocycles. The molecule has 3 rings (SSSR count). The van der Waals surface area contributed by atoms with Gasteiger partial charge in [-0.05, 0) is 42.2 Å². The van der Waals surface area contributed by atoms with E-state index in [1.807, 2.05) is 55.7 Å². The molecule has 4 nitrogen and oxygen atoms in total. The number of rotatable bonds is 4. The lowest BCUT2D eigenvalue weighted by Crippen LogP contribution is -2.20. The third-order valence-corrected chi connectivity index (χ3v) is 4.14. The molecule has 1 aliphatic rings. The second kappa shape index (κ2) is 6.32. The van der Waals surface area contributed by atoms with Gasteiger partial charge in [-0.3, -0.25) is 4.79 Å². The Kier molecular flexibility index (Phi) is 4.24. The van der Waals surface area contributed by atoms with Gasteiger partial charge >= 0.3 is 0 Å². The second-order valence-corrected chi connectivity index (χ2v) is 6.11. The van der Waals surface area contributed by atoms with Gasteiger partial charge in [0.15, 0.2) is 0 Å². The number of nitrogens with zero attached hydrogens (tertiary/aromatic N) is 2. The Morgan fingerprint density at radius 1 is 1.17 bits per heavy atom. The molecule has 0 N–H and O–H groups in total. The first-order valence-electron chi connectivity index (χ1n) is 7.81. The van der Waals surface area contributed by atoms with Gasteiger partial charge in [0.2, 0.25) is 5.78 Å². The monoisotopic (exact) mass is 310 g/mol. The first kappa shape index (κ1) is 15.4. The molecule has 2 aromatic rings. The predicted octanol–water partition coefficient (Wildman–Crippen LogP) is 3.12. The summed E-state index contributed by atoms with van der Waals surface area (Å²) in [5, 5.41) is 0. The van der Waals surface area contributed by atoms with Crippen molar-refractivity contribution in [3.63, 3.8) is 0 Å².